The molecule has 3 N–H and O–H groups in total. The van der Waals surface area contributed by atoms with Crippen molar-refractivity contribution in [3.63, 3.8) is 0 Å². The standard InChI is InChI=1S/C20H20N6O/c1-20(2,3)16-6-4-13(8-21-16)19(27)25-17-12-26-11-14(5-7-18(26)24-17)15-9-22-23-10-15/h4-12H,1-3H3,(H2,22,23,25,27)/p+1. The lowest BCUT2D eigenvalue weighted by Crippen LogP contribution is -2.18. The second kappa shape index (κ2) is 6.35. The monoisotopic (exact) mass is 361 g/mol. The lowest BCUT2D eigenvalue weighted by Gasteiger charge is -2.17. The second-order valence-corrected chi connectivity index (χ2v) is 7.50. The van der Waals surface area contributed by atoms with Crippen molar-refractivity contribution in [2.24, 2.45) is 0 Å². The summed E-state index contributed by atoms with van der Waals surface area (Å²) in [7, 11) is 0. The first-order chi connectivity index (χ1) is 12.9. The summed E-state index contributed by atoms with van der Waals surface area (Å²) >= 11 is 0. The molecule has 27 heavy (non-hydrogen) atoms. The van der Waals surface area contributed by atoms with Crippen LogP contribution in [0.1, 0.15) is 36.8 Å². The number of H-pyrrole nitrogens is 2. The average molecular weight is 361 g/mol. The zero-order chi connectivity index (χ0) is 19.0. The number of aromatic nitrogens is 5. The van der Waals surface area contributed by atoms with Gasteiger partial charge in [0, 0.05) is 40.7 Å². The molecule has 7 nitrogen and oxygen atoms in total. The van der Waals surface area contributed by atoms with Crippen molar-refractivity contribution in [2.75, 3.05) is 5.32 Å². The topological polar surface area (TPSA) is 90.6 Å². The van der Waals surface area contributed by atoms with Crippen LogP contribution in [0.15, 0.2) is 55.2 Å². The Hall–Kier alpha value is -3.48. The highest BCUT2D eigenvalue weighted by atomic mass is 16.1. The van der Waals surface area contributed by atoms with Crippen molar-refractivity contribution < 1.29 is 9.20 Å². The number of nitrogens with zero attached hydrogens (tertiary/aromatic N) is 3. The van der Waals surface area contributed by atoms with Crippen LogP contribution in [0.2, 0.25) is 0 Å². The summed E-state index contributed by atoms with van der Waals surface area (Å²) in [5.74, 6) is 0.411. The number of nitrogens with one attached hydrogen (secondary N) is 3. The summed E-state index contributed by atoms with van der Waals surface area (Å²) in [5, 5.41) is 9.67. The van der Waals surface area contributed by atoms with Gasteiger partial charge in [-0.25, -0.2) is 4.98 Å². The van der Waals surface area contributed by atoms with Crippen LogP contribution in [0.4, 0.5) is 5.82 Å². The quantitative estimate of drug-likeness (QED) is 0.490. The van der Waals surface area contributed by atoms with Gasteiger partial charge in [-0.05, 0) is 18.2 Å². The molecular weight excluding hydrogens is 340 g/mol. The van der Waals surface area contributed by atoms with Gasteiger partial charge in [0.15, 0.2) is 6.20 Å². The molecule has 0 aliphatic rings. The third-order valence-corrected chi connectivity index (χ3v) is 4.38. The summed E-state index contributed by atoms with van der Waals surface area (Å²) in [5.41, 5.74) is 4.33. The normalized spacial score (nSPS) is 11.7. The molecular formula is C20H21N6O+. The fourth-order valence-corrected chi connectivity index (χ4v) is 2.85. The molecule has 4 rings (SSSR count). The first-order valence-corrected chi connectivity index (χ1v) is 8.71. The molecule has 136 valence electrons. The molecule has 0 aliphatic heterocycles. The number of pyridine rings is 2. The second-order valence-electron chi connectivity index (χ2n) is 7.50. The van der Waals surface area contributed by atoms with Crippen LogP contribution in [0.25, 0.3) is 16.8 Å². The molecule has 0 saturated heterocycles. The van der Waals surface area contributed by atoms with E-state index in [4.69, 9.17) is 0 Å². The van der Waals surface area contributed by atoms with E-state index in [1.165, 1.54) is 0 Å². The van der Waals surface area contributed by atoms with Gasteiger partial charge in [0.1, 0.15) is 6.20 Å². The molecule has 7 heteroatoms. The molecule has 0 unspecified atom stereocenters. The Morgan fingerprint density at radius 2 is 1.93 bits per heavy atom. The van der Waals surface area contributed by atoms with Crippen LogP contribution in [-0.2, 0) is 5.41 Å². The van der Waals surface area contributed by atoms with E-state index in [-0.39, 0.29) is 11.3 Å². The largest absolute Gasteiger partial charge is 0.286 e. The molecule has 0 spiro atoms. The maximum absolute atomic E-state index is 12.5. The number of hydrogen-bond donors (Lipinski definition) is 3. The van der Waals surface area contributed by atoms with Crippen LogP contribution >= 0.6 is 0 Å². The highest BCUT2D eigenvalue weighted by Crippen LogP contribution is 2.20. The number of carbonyl (C=O) groups excluding carboxylic acids is 1. The lowest BCUT2D eigenvalue weighted by molar-refractivity contribution is -0.508. The summed E-state index contributed by atoms with van der Waals surface area (Å²) < 4.78 is 1.93. The molecule has 1 amide bonds. The highest BCUT2D eigenvalue weighted by Gasteiger charge is 2.17. The number of aromatic amines is 2. The van der Waals surface area contributed by atoms with E-state index in [9.17, 15) is 4.79 Å². The van der Waals surface area contributed by atoms with Gasteiger partial charge < -0.3 is 0 Å². The van der Waals surface area contributed by atoms with Crippen LogP contribution in [-0.4, -0.2) is 26.1 Å². The van der Waals surface area contributed by atoms with Gasteiger partial charge in [0.05, 0.1) is 11.8 Å². The summed E-state index contributed by atoms with van der Waals surface area (Å²) in [6.07, 6.45) is 9.04. The number of amides is 1. The van der Waals surface area contributed by atoms with E-state index in [2.05, 4.69) is 46.3 Å². The Labute approximate surface area is 156 Å². The smallest absolute Gasteiger partial charge is 0.285 e. The molecule has 0 atom stereocenters. The van der Waals surface area contributed by atoms with Crippen LogP contribution in [0.3, 0.4) is 0 Å². The number of hydrogen-bond acceptors (Lipinski definition) is 3. The third-order valence-electron chi connectivity index (χ3n) is 4.38. The fourth-order valence-electron chi connectivity index (χ4n) is 2.85. The molecule has 0 radical (unpaired) electrons. The van der Waals surface area contributed by atoms with Crippen LogP contribution in [0, 0.1) is 0 Å². The highest BCUT2D eigenvalue weighted by molar-refractivity contribution is 6.03. The van der Waals surface area contributed by atoms with Gasteiger partial charge in [-0.1, -0.05) is 20.8 Å². The van der Waals surface area contributed by atoms with Gasteiger partial charge >= 0.3 is 0 Å². The predicted octanol–water partition coefficient (Wildman–Crippen LogP) is 3.09. The Kier molecular flexibility index (Phi) is 3.99. The van der Waals surface area contributed by atoms with Crippen molar-refractivity contribution >= 4 is 17.4 Å². The van der Waals surface area contributed by atoms with E-state index in [1.807, 2.05) is 41.2 Å². The van der Waals surface area contributed by atoms with E-state index in [0.717, 1.165) is 22.5 Å². The minimum atomic E-state index is -0.204. The van der Waals surface area contributed by atoms with Gasteiger partial charge in [-0.3, -0.25) is 20.2 Å². The number of anilines is 1. The van der Waals surface area contributed by atoms with Crippen molar-refractivity contribution in [3.8, 4) is 11.1 Å². The first-order valence-electron chi connectivity index (χ1n) is 8.71. The van der Waals surface area contributed by atoms with E-state index < -0.39 is 0 Å². The fraction of sp³-hybridized carbons (Fsp3) is 0.200. The minimum Gasteiger partial charge on any atom is -0.286 e. The van der Waals surface area contributed by atoms with Crippen molar-refractivity contribution in [3.05, 3.63) is 66.5 Å². The Morgan fingerprint density at radius 3 is 2.59 bits per heavy atom. The van der Waals surface area contributed by atoms with Gasteiger partial charge in [-0.15, -0.1) is 0 Å². The average Bonchev–Trinajstić information content (AvgIpc) is 3.29. The van der Waals surface area contributed by atoms with Crippen LogP contribution < -0.4 is 9.72 Å². The first kappa shape index (κ1) is 17.0. The van der Waals surface area contributed by atoms with E-state index in [0.29, 0.717) is 11.4 Å². The molecule has 0 saturated carbocycles. The number of carbonyl (C=O) groups is 1. The molecule has 4 heterocycles. The predicted molar refractivity (Wildman–Crippen MR) is 102 cm³/mol. The van der Waals surface area contributed by atoms with Gasteiger partial charge in [0.25, 0.3) is 11.6 Å². The number of rotatable bonds is 3. The number of fused-ring (bicyclic) bond motifs is 1. The Balaban J connectivity index is 1.55. The molecule has 0 bridgehead atoms. The molecule has 0 aromatic carbocycles. The third kappa shape index (κ3) is 3.44. The maximum atomic E-state index is 12.5. The summed E-state index contributed by atoms with van der Waals surface area (Å²) in [6.45, 7) is 6.28. The van der Waals surface area contributed by atoms with Crippen molar-refractivity contribution in [2.45, 2.75) is 26.2 Å². The molecule has 0 fully saturated rings. The number of imidazole rings is 1. The molecule has 4 aromatic rings. The molecule has 4 aromatic heterocycles. The Bertz CT molecular complexity index is 1090. The zero-order valence-electron chi connectivity index (χ0n) is 15.4. The van der Waals surface area contributed by atoms with E-state index >= 15 is 0 Å². The molecule has 0 aliphatic carbocycles. The minimum absolute atomic E-state index is 0.0461. The SMILES string of the molecule is CC(C)(C)c1ccc(C(=O)Nc2c[n+]3cc(-c4cn[nH]c4)ccc3[nH]2)cn1. The van der Waals surface area contributed by atoms with E-state index in [1.54, 1.807) is 18.5 Å². The van der Waals surface area contributed by atoms with Gasteiger partial charge in [-0.2, -0.15) is 9.50 Å². The van der Waals surface area contributed by atoms with Crippen molar-refractivity contribution in [1.29, 1.82) is 0 Å². The summed E-state index contributed by atoms with van der Waals surface area (Å²) in [6, 6.07) is 7.65. The zero-order valence-corrected chi connectivity index (χ0v) is 15.4. The van der Waals surface area contributed by atoms with Crippen LogP contribution in [0.5, 0.6) is 0 Å². The lowest BCUT2D eigenvalue weighted by atomic mass is 9.91. The summed E-state index contributed by atoms with van der Waals surface area (Å²) in [4.78, 5) is 20.1. The maximum Gasteiger partial charge on any atom is 0.285 e. The van der Waals surface area contributed by atoms with Gasteiger partial charge in [0.2, 0.25) is 5.82 Å². The van der Waals surface area contributed by atoms with Crippen molar-refractivity contribution in [1.82, 2.24) is 20.2 Å². The Morgan fingerprint density at radius 1 is 1.07 bits per heavy atom.